The van der Waals surface area contributed by atoms with E-state index in [1.54, 1.807) is 11.0 Å². The molecule has 0 aliphatic carbocycles. The first-order valence-corrected chi connectivity index (χ1v) is 7.53. The monoisotopic (exact) mass is 277 g/mol. The number of aromatic nitrogens is 3. The Kier molecular flexibility index (Phi) is 3.74. The van der Waals surface area contributed by atoms with Crippen molar-refractivity contribution in [2.24, 2.45) is 0 Å². The Morgan fingerprint density at radius 1 is 1.25 bits per heavy atom. The number of carbonyl (C=O) groups is 1. The van der Waals surface area contributed by atoms with E-state index >= 15 is 0 Å². The number of hydrogen-bond acceptors (Lipinski definition) is 4. The molecule has 3 rings (SSSR count). The maximum Gasteiger partial charge on any atom is 0.247 e. The number of rotatable bonds is 3. The van der Waals surface area contributed by atoms with Gasteiger partial charge in [-0.15, -0.1) is 0 Å². The summed E-state index contributed by atoms with van der Waals surface area (Å²) in [5, 5.41) is 4.09. The van der Waals surface area contributed by atoms with Crippen LogP contribution in [0.4, 0.5) is 0 Å². The van der Waals surface area contributed by atoms with Gasteiger partial charge in [0.1, 0.15) is 18.7 Å². The van der Waals surface area contributed by atoms with Crippen LogP contribution >= 0.6 is 0 Å². The van der Waals surface area contributed by atoms with E-state index in [-0.39, 0.29) is 11.9 Å². The average Bonchev–Trinajstić information content (AvgIpc) is 3.17. The Hall–Kier alpha value is -1.43. The van der Waals surface area contributed by atoms with Gasteiger partial charge in [-0.25, -0.2) is 9.67 Å². The third-order valence-electron chi connectivity index (χ3n) is 4.79. The smallest absolute Gasteiger partial charge is 0.247 e. The molecule has 3 heterocycles. The minimum atomic E-state index is -0.259. The molecule has 1 aromatic heterocycles. The summed E-state index contributed by atoms with van der Waals surface area (Å²) < 4.78 is 1.65. The second kappa shape index (κ2) is 5.52. The maximum absolute atomic E-state index is 12.7. The number of likely N-dealkylation sites (tertiary alicyclic amines) is 2. The van der Waals surface area contributed by atoms with Gasteiger partial charge >= 0.3 is 0 Å². The van der Waals surface area contributed by atoms with Crippen LogP contribution in [0.2, 0.25) is 0 Å². The summed E-state index contributed by atoms with van der Waals surface area (Å²) >= 11 is 0. The van der Waals surface area contributed by atoms with Crippen molar-refractivity contribution in [2.75, 3.05) is 20.1 Å². The first kappa shape index (κ1) is 13.5. The summed E-state index contributed by atoms with van der Waals surface area (Å²) in [6.45, 7) is 3.94. The Bertz CT molecular complexity index is 460. The Balaban J connectivity index is 1.73. The zero-order valence-corrected chi connectivity index (χ0v) is 12.3. The fourth-order valence-electron chi connectivity index (χ4n) is 3.66. The number of carbonyl (C=O) groups excluding carboxylic acids is 1. The Morgan fingerprint density at radius 2 is 2.00 bits per heavy atom. The van der Waals surface area contributed by atoms with E-state index in [2.05, 4.69) is 26.9 Å². The molecule has 2 fully saturated rings. The van der Waals surface area contributed by atoms with Crippen molar-refractivity contribution >= 4 is 5.91 Å². The lowest BCUT2D eigenvalue weighted by molar-refractivity contribution is -0.136. The second-order valence-electron chi connectivity index (χ2n) is 5.98. The third-order valence-corrected chi connectivity index (χ3v) is 4.79. The molecule has 2 aliphatic rings. The molecule has 1 aromatic rings. The average molecular weight is 277 g/mol. The topological polar surface area (TPSA) is 54.3 Å². The van der Waals surface area contributed by atoms with Crippen molar-refractivity contribution in [1.29, 1.82) is 0 Å². The molecule has 6 heteroatoms. The zero-order valence-electron chi connectivity index (χ0n) is 12.3. The van der Waals surface area contributed by atoms with Crippen LogP contribution in [0.15, 0.2) is 12.7 Å². The summed E-state index contributed by atoms with van der Waals surface area (Å²) in [7, 11) is 2.18. The van der Waals surface area contributed by atoms with Gasteiger partial charge in [-0.1, -0.05) is 0 Å². The number of likely N-dealkylation sites (N-methyl/N-ethyl adjacent to an activating group) is 1. The highest BCUT2D eigenvalue weighted by molar-refractivity contribution is 5.80. The van der Waals surface area contributed by atoms with E-state index in [4.69, 9.17) is 0 Å². The minimum Gasteiger partial charge on any atom is -0.336 e. The molecule has 6 nitrogen and oxygen atoms in total. The van der Waals surface area contributed by atoms with Crippen molar-refractivity contribution in [3.63, 3.8) is 0 Å². The Morgan fingerprint density at radius 3 is 2.65 bits per heavy atom. The van der Waals surface area contributed by atoms with E-state index in [1.165, 1.54) is 19.2 Å². The van der Waals surface area contributed by atoms with Crippen LogP contribution < -0.4 is 0 Å². The lowest BCUT2D eigenvalue weighted by Gasteiger charge is -2.34. The predicted octanol–water partition coefficient (Wildman–Crippen LogP) is 0.924. The van der Waals surface area contributed by atoms with Crippen molar-refractivity contribution in [1.82, 2.24) is 24.6 Å². The highest BCUT2D eigenvalue weighted by atomic mass is 16.2. The molecule has 0 unspecified atom stereocenters. The summed E-state index contributed by atoms with van der Waals surface area (Å²) in [4.78, 5) is 21.2. The minimum absolute atomic E-state index is 0.179. The fourth-order valence-corrected chi connectivity index (χ4v) is 3.66. The molecule has 0 radical (unpaired) electrons. The van der Waals surface area contributed by atoms with Crippen LogP contribution in [0.3, 0.4) is 0 Å². The second-order valence-corrected chi connectivity index (χ2v) is 5.98. The first-order valence-electron chi connectivity index (χ1n) is 7.53. The van der Waals surface area contributed by atoms with Crippen LogP contribution in [-0.2, 0) is 4.79 Å². The van der Waals surface area contributed by atoms with Crippen LogP contribution in [0.5, 0.6) is 0 Å². The Labute approximate surface area is 119 Å². The number of amides is 1. The van der Waals surface area contributed by atoms with Crippen molar-refractivity contribution in [2.45, 2.75) is 50.7 Å². The summed E-state index contributed by atoms with van der Waals surface area (Å²) in [6, 6.07) is 0.648. The molecule has 110 valence electrons. The van der Waals surface area contributed by atoms with Gasteiger partial charge < -0.3 is 9.80 Å². The highest BCUT2D eigenvalue weighted by Crippen LogP contribution is 2.30. The normalized spacial score (nSPS) is 29.0. The van der Waals surface area contributed by atoms with E-state index < -0.39 is 0 Å². The molecule has 0 N–H and O–H groups in total. The molecule has 0 aromatic carbocycles. The highest BCUT2D eigenvalue weighted by Gasteiger charge is 2.39. The molecule has 20 heavy (non-hydrogen) atoms. The zero-order chi connectivity index (χ0) is 14.1. The molecule has 0 saturated carbocycles. The summed E-state index contributed by atoms with van der Waals surface area (Å²) in [5.74, 6) is 0.179. The van der Waals surface area contributed by atoms with Gasteiger partial charge in [-0.3, -0.25) is 4.79 Å². The predicted molar refractivity (Wildman–Crippen MR) is 75.1 cm³/mol. The van der Waals surface area contributed by atoms with Crippen molar-refractivity contribution in [3.8, 4) is 0 Å². The molecule has 3 atom stereocenters. The lowest BCUT2D eigenvalue weighted by Crippen LogP contribution is -2.48. The first-order chi connectivity index (χ1) is 9.68. The molecule has 2 aliphatic heterocycles. The van der Waals surface area contributed by atoms with Gasteiger partial charge in [0.15, 0.2) is 0 Å². The molecule has 1 amide bonds. The van der Waals surface area contributed by atoms with Crippen LogP contribution in [0.1, 0.15) is 38.6 Å². The fraction of sp³-hybridized carbons (Fsp3) is 0.786. The van der Waals surface area contributed by atoms with E-state index in [1.807, 2.05) is 6.92 Å². The van der Waals surface area contributed by atoms with E-state index in [0.717, 1.165) is 25.9 Å². The largest absolute Gasteiger partial charge is 0.336 e. The molecular formula is C14H23N5O. The van der Waals surface area contributed by atoms with Gasteiger partial charge in [0, 0.05) is 18.6 Å². The van der Waals surface area contributed by atoms with Crippen LogP contribution in [-0.4, -0.2) is 62.7 Å². The van der Waals surface area contributed by atoms with Crippen molar-refractivity contribution in [3.05, 3.63) is 12.7 Å². The summed E-state index contributed by atoms with van der Waals surface area (Å²) in [6.07, 6.45) is 7.81. The number of hydrogen-bond donors (Lipinski definition) is 0. The van der Waals surface area contributed by atoms with Crippen molar-refractivity contribution < 1.29 is 4.79 Å². The standard InChI is InChI=1S/C14H23N5O/c1-11(19-10-15-9-16-19)14(20)18-8-4-6-13(18)12-5-3-7-17(12)2/h9-13H,3-8H2,1-2H3/t11-,12-,13+/m1/s1. The molecule has 0 spiro atoms. The van der Waals surface area contributed by atoms with Crippen LogP contribution in [0.25, 0.3) is 0 Å². The SMILES string of the molecule is C[C@H](C(=O)N1CCC[C@H]1[C@H]1CCCN1C)n1cncn1. The van der Waals surface area contributed by atoms with E-state index in [9.17, 15) is 4.79 Å². The maximum atomic E-state index is 12.7. The van der Waals surface area contributed by atoms with E-state index in [0.29, 0.717) is 12.1 Å². The molecular weight excluding hydrogens is 254 g/mol. The van der Waals surface area contributed by atoms with Gasteiger partial charge in [0.2, 0.25) is 5.91 Å². The molecule has 0 bridgehead atoms. The summed E-state index contributed by atoms with van der Waals surface area (Å²) in [5.41, 5.74) is 0. The molecule has 2 saturated heterocycles. The van der Waals surface area contributed by atoms with Crippen LogP contribution in [0, 0.1) is 0 Å². The third kappa shape index (κ3) is 2.32. The van der Waals surface area contributed by atoms with Gasteiger partial charge in [-0.05, 0) is 46.2 Å². The van der Waals surface area contributed by atoms with Gasteiger partial charge in [0.05, 0.1) is 0 Å². The number of nitrogens with zero attached hydrogens (tertiary/aromatic N) is 5. The van der Waals surface area contributed by atoms with Gasteiger partial charge in [-0.2, -0.15) is 5.10 Å². The lowest BCUT2D eigenvalue weighted by atomic mass is 10.0. The quantitative estimate of drug-likeness (QED) is 0.824. The van der Waals surface area contributed by atoms with Gasteiger partial charge in [0.25, 0.3) is 0 Å².